The Labute approximate surface area is 76.1 Å². The molecule has 0 aliphatic carbocycles. The van der Waals surface area contributed by atoms with Crippen molar-refractivity contribution in [1.82, 2.24) is 4.90 Å². The van der Waals surface area contributed by atoms with Gasteiger partial charge in [0.2, 0.25) is 5.91 Å². The summed E-state index contributed by atoms with van der Waals surface area (Å²) in [5.74, 6) is -1.55. The minimum atomic E-state index is -1.00. The number of carbonyl (C=O) groups excluding carboxylic acids is 1. The third-order valence-electron chi connectivity index (χ3n) is 1.65. The Kier molecular flexibility index (Phi) is 4.66. The number of nitrogens with zero attached hydrogens (tertiary/aromatic N) is 1. The van der Waals surface area contributed by atoms with Gasteiger partial charge in [-0.05, 0) is 6.42 Å². The first kappa shape index (κ1) is 11.2. The van der Waals surface area contributed by atoms with Crippen molar-refractivity contribution < 1.29 is 14.7 Å². The lowest BCUT2D eigenvalue weighted by molar-refractivity contribution is -0.148. The molecule has 0 aromatic rings. The van der Waals surface area contributed by atoms with E-state index in [0.29, 0.717) is 6.42 Å². The van der Waals surface area contributed by atoms with Gasteiger partial charge in [-0.25, -0.2) is 4.79 Å². The second kappa shape index (κ2) is 4.98. The van der Waals surface area contributed by atoms with E-state index in [-0.39, 0.29) is 11.8 Å². The van der Waals surface area contributed by atoms with Crippen molar-refractivity contribution in [1.29, 1.82) is 0 Å². The largest absolute Gasteiger partial charge is 0.480 e. The molecule has 0 heterocycles. The van der Waals surface area contributed by atoms with Crippen molar-refractivity contribution in [2.75, 3.05) is 12.9 Å². The van der Waals surface area contributed by atoms with Crippen LogP contribution < -0.4 is 0 Å². The highest BCUT2D eigenvalue weighted by Gasteiger charge is 2.23. The Morgan fingerprint density at radius 3 is 2.33 bits per heavy atom. The van der Waals surface area contributed by atoms with E-state index in [4.69, 9.17) is 16.7 Å². The summed E-state index contributed by atoms with van der Waals surface area (Å²) in [6, 6.07) is -0.767. The smallest absolute Gasteiger partial charge is 0.326 e. The predicted molar refractivity (Wildman–Crippen MR) is 45.2 cm³/mol. The molecular formula is C7H12ClNO3. The molecule has 0 saturated carbocycles. The van der Waals surface area contributed by atoms with Gasteiger partial charge < -0.3 is 10.0 Å². The molecule has 0 bridgehead atoms. The van der Waals surface area contributed by atoms with Gasteiger partial charge in [0.05, 0.1) is 0 Å². The molecule has 0 aliphatic heterocycles. The van der Waals surface area contributed by atoms with Gasteiger partial charge in [-0.1, -0.05) is 6.92 Å². The predicted octanol–water partition coefficient (Wildman–Crippen LogP) is 0.547. The number of alkyl halides is 1. The molecule has 5 heteroatoms. The Balaban J connectivity index is 4.30. The van der Waals surface area contributed by atoms with E-state index in [0.717, 1.165) is 4.90 Å². The second-order valence-electron chi connectivity index (χ2n) is 2.40. The normalized spacial score (nSPS) is 12.2. The summed E-state index contributed by atoms with van der Waals surface area (Å²) in [6.45, 7) is 1.71. The molecule has 0 rings (SSSR count). The number of likely N-dealkylation sites (N-methyl/N-ethyl adjacent to an activating group) is 1. The summed E-state index contributed by atoms with van der Waals surface area (Å²) in [5.41, 5.74) is 0. The van der Waals surface area contributed by atoms with Crippen LogP contribution in [0.15, 0.2) is 0 Å². The van der Waals surface area contributed by atoms with Gasteiger partial charge in [0.15, 0.2) is 0 Å². The molecule has 0 saturated heterocycles. The zero-order valence-corrected chi connectivity index (χ0v) is 7.84. The standard InChI is InChI=1S/C7H12ClNO3/c1-3-5(7(11)12)9(2)6(10)4-8/h5H,3-4H2,1-2H3,(H,11,12). The molecular weight excluding hydrogens is 182 g/mol. The highest BCUT2D eigenvalue weighted by molar-refractivity contribution is 6.27. The van der Waals surface area contributed by atoms with Crippen LogP contribution in [0.3, 0.4) is 0 Å². The number of rotatable bonds is 4. The minimum absolute atomic E-state index is 0.180. The molecule has 12 heavy (non-hydrogen) atoms. The molecule has 0 aliphatic rings. The number of carboxylic acid groups (broad SMARTS) is 1. The topological polar surface area (TPSA) is 57.6 Å². The first-order valence-corrected chi connectivity index (χ1v) is 4.12. The molecule has 70 valence electrons. The Morgan fingerprint density at radius 1 is 1.58 bits per heavy atom. The number of hydrogen-bond donors (Lipinski definition) is 1. The fourth-order valence-electron chi connectivity index (χ4n) is 0.882. The summed E-state index contributed by atoms with van der Waals surface area (Å²) in [4.78, 5) is 22.7. The molecule has 0 fully saturated rings. The van der Waals surface area contributed by atoms with Crippen molar-refractivity contribution in [3.05, 3.63) is 0 Å². The minimum Gasteiger partial charge on any atom is -0.480 e. The number of amides is 1. The lowest BCUT2D eigenvalue weighted by atomic mass is 10.2. The molecule has 1 atom stereocenters. The van der Waals surface area contributed by atoms with E-state index < -0.39 is 12.0 Å². The SMILES string of the molecule is CCC(C(=O)O)N(C)C(=O)CCl. The van der Waals surface area contributed by atoms with Gasteiger partial charge in [-0.2, -0.15) is 0 Å². The van der Waals surface area contributed by atoms with Crippen LogP contribution in [0.25, 0.3) is 0 Å². The maximum absolute atomic E-state index is 10.9. The lowest BCUT2D eigenvalue weighted by Crippen LogP contribution is -2.42. The first-order valence-electron chi connectivity index (χ1n) is 3.59. The zero-order valence-electron chi connectivity index (χ0n) is 7.08. The van der Waals surface area contributed by atoms with Gasteiger partial charge in [0, 0.05) is 7.05 Å². The van der Waals surface area contributed by atoms with E-state index in [1.807, 2.05) is 0 Å². The van der Waals surface area contributed by atoms with Gasteiger partial charge in [-0.3, -0.25) is 4.79 Å². The molecule has 1 amide bonds. The van der Waals surface area contributed by atoms with Crippen molar-refractivity contribution in [2.45, 2.75) is 19.4 Å². The highest BCUT2D eigenvalue weighted by Crippen LogP contribution is 2.02. The molecule has 1 unspecified atom stereocenters. The number of carboxylic acids is 1. The monoisotopic (exact) mass is 193 g/mol. The summed E-state index contributed by atoms with van der Waals surface area (Å²) in [5, 5.41) is 8.65. The summed E-state index contributed by atoms with van der Waals surface area (Å²) in [6.07, 6.45) is 0.383. The van der Waals surface area contributed by atoms with E-state index >= 15 is 0 Å². The number of halogens is 1. The summed E-state index contributed by atoms with van der Waals surface area (Å²) >= 11 is 5.27. The highest BCUT2D eigenvalue weighted by atomic mass is 35.5. The second-order valence-corrected chi connectivity index (χ2v) is 2.67. The first-order chi connectivity index (χ1) is 5.54. The van der Waals surface area contributed by atoms with Crippen LogP contribution in [0.5, 0.6) is 0 Å². The fraction of sp³-hybridized carbons (Fsp3) is 0.714. The maximum Gasteiger partial charge on any atom is 0.326 e. The van der Waals surface area contributed by atoms with Gasteiger partial charge in [-0.15, -0.1) is 11.6 Å². The fourth-order valence-corrected chi connectivity index (χ4v) is 1.07. The summed E-state index contributed by atoms with van der Waals surface area (Å²) in [7, 11) is 1.44. The number of aliphatic carboxylic acids is 1. The molecule has 0 aromatic heterocycles. The van der Waals surface area contributed by atoms with Crippen LogP contribution in [-0.2, 0) is 9.59 Å². The third-order valence-corrected chi connectivity index (χ3v) is 1.88. The average molecular weight is 194 g/mol. The van der Waals surface area contributed by atoms with Crippen LogP contribution in [0.2, 0.25) is 0 Å². The van der Waals surface area contributed by atoms with Crippen molar-refractivity contribution in [3.63, 3.8) is 0 Å². The van der Waals surface area contributed by atoms with Crippen molar-refractivity contribution in [2.24, 2.45) is 0 Å². The third kappa shape index (κ3) is 2.70. The molecule has 0 aromatic carbocycles. The number of carbonyl (C=O) groups is 2. The van der Waals surface area contributed by atoms with Crippen LogP contribution >= 0.6 is 11.6 Å². The Morgan fingerprint density at radius 2 is 2.08 bits per heavy atom. The van der Waals surface area contributed by atoms with E-state index in [1.54, 1.807) is 6.92 Å². The number of hydrogen-bond acceptors (Lipinski definition) is 2. The lowest BCUT2D eigenvalue weighted by Gasteiger charge is -2.22. The molecule has 4 nitrogen and oxygen atoms in total. The van der Waals surface area contributed by atoms with Crippen molar-refractivity contribution in [3.8, 4) is 0 Å². The quantitative estimate of drug-likeness (QED) is 0.664. The molecule has 1 N–H and O–H groups in total. The van der Waals surface area contributed by atoms with Gasteiger partial charge >= 0.3 is 5.97 Å². The van der Waals surface area contributed by atoms with Gasteiger partial charge in [0.25, 0.3) is 0 Å². The van der Waals surface area contributed by atoms with E-state index in [9.17, 15) is 9.59 Å². The zero-order chi connectivity index (χ0) is 9.72. The average Bonchev–Trinajstić information content (AvgIpc) is 2.03. The van der Waals surface area contributed by atoms with Crippen LogP contribution in [0.4, 0.5) is 0 Å². The molecule has 0 radical (unpaired) electrons. The van der Waals surface area contributed by atoms with E-state index in [1.165, 1.54) is 7.05 Å². The van der Waals surface area contributed by atoms with Crippen molar-refractivity contribution >= 4 is 23.5 Å². The Bertz CT molecular complexity index is 183. The Hall–Kier alpha value is -0.770. The van der Waals surface area contributed by atoms with Crippen LogP contribution in [-0.4, -0.2) is 40.9 Å². The van der Waals surface area contributed by atoms with Gasteiger partial charge in [0.1, 0.15) is 11.9 Å². The molecule has 0 spiro atoms. The van der Waals surface area contributed by atoms with Crippen LogP contribution in [0.1, 0.15) is 13.3 Å². The van der Waals surface area contributed by atoms with E-state index in [2.05, 4.69) is 0 Å². The van der Waals surface area contributed by atoms with Crippen LogP contribution in [0, 0.1) is 0 Å². The summed E-state index contributed by atoms with van der Waals surface area (Å²) < 4.78 is 0. The maximum atomic E-state index is 10.9.